The van der Waals surface area contributed by atoms with Gasteiger partial charge in [0.05, 0.1) is 0 Å². The molecule has 0 spiro atoms. The topological polar surface area (TPSA) is 3.24 Å². The molecule has 9 aromatic rings. The molecular weight excluding hydrogens is 651 g/mol. The van der Waals surface area contributed by atoms with E-state index >= 15 is 0 Å². The first-order valence-electron chi connectivity index (χ1n) is 19.1. The van der Waals surface area contributed by atoms with Crippen molar-refractivity contribution in [1.29, 1.82) is 0 Å². The van der Waals surface area contributed by atoms with E-state index in [9.17, 15) is 0 Å². The molecule has 1 heterocycles. The molecule has 0 N–H and O–H groups in total. The number of nitrogens with zero attached hydrogens (tertiary/aromatic N) is 1. The van der Waals surface area contributed by atoms with Crippen LogP contribution in [0.25, 0.3) is 76.8 Å². The molecule has 0 fully saturated rings. The highest BCUT2D eigenvalue weighted by Gasteiger charge is 2.35. The van der Waals surface area contributed by atoms with Crippen LogP contribution in [0.1, 0.15) is 36.1 Å². The van der Waals surface area contributed by atoms with Crippen molar-refractivity contribution in [2.75, 3.05) is 11.9 Å². The maximum atomic E-state index is 2.49. The largest absolute Gasteiger partial charge is 0.344 e. The van der Waals surface area contributed by atoms with E-state index in [0.717, 1.165) is 6.42 Å². The molecule has 0 saturated heterocycles. The maximum absolute atomic E-state index is 2.49. The first kappa shape index (κ1) is 31.1. The summed E-state index contributed by atoms with van der Waals surface area (Å²) in [6, 6.07) is 63.8. The normalized spacial score (nSPS) is 13.9. The zero-order chi connectivity index (χ0) is 36.1. The second-order valence-electron chi connectivity index (χ2n) is 15.7. The summed E-state index contributed by atoms with van der Waals surface area (Å²) in [5.41, 5.74) is 18.3. The van der Waals surface area contributed by atoms with Crippen LogP contribution < -0.4 is 4.90 Å². The van der Waals surface area contributed by atoms with Crippen LogP contribution in [0, 0.1) is 0 Å². The van der Waals surface area contributed by atoms with Crippen molar-refractivity contribution in [1.82, 2.24) is 0 Å². The SMILES string of the molecule is CN1c2ccccc2Cc2ccc(-c3c4ccccc4c(-c4ccc5c(c4)C(C)(C)c4ccccc4-5)c4cc(-c5cccc6ccccc56)ccc34)cc21. The van der Waals surface area contributed by atoms with Crippen molar-refractivity contribution in [2.45, 2.75) is 25.7 Å². The average molecular weight is 690 g/mol. The van der Waals surface area contributed by atoms with E-state index in [1.165, 1.54) is 110 Å². The summed E-state index contributed by atoms with van der Waals surface area (Å²) in [5.74, 6) is 0. The summed E-state index contributed by atoms with van der Waals surface area (Å²) >= 11 is 0. The lowest BCUT2D eigenvalue weighted by Crippen LogP contribution is -2.18. The number of fused-ring (bicyclic) bond motifs is 8. The minimum atomic E-state index is -0.0879. The molecule has 1 heteroatoms. The van der Waals surface area contributed by atoms with Crippen LogP contribution in [0.5, 0.6) is 0 Å². The van der Waals surface area contributed by atoms with Gasteiger partial charge in [0, 0.05) is 30.3 Å². The van der Waals surface area contributed by atoms with Gasteiger partial charge >= 0.3 is 0 Å². The third kappa shape index (κ3) is 4.45. The van der Waals surface area contributed by atoms with Gasteiger partial charge in [0.2, 0.25) is 0 Å². The third-order valence-electron chi connectivity index (χ3n) is 12.5. The lowest BCUT2D eigenvalue weighted by molar-refractivity contribution is 0.660. The van der Waals surface area contributed by atoms with Gasteiger partial charge in [-0.05, 0) is 123 Å². The van der Waals surface area contributed by atoms with Gasteiger partial charge in [-0.1, -0.05) is 159 Å². The highest BCUT2D eigenvalue weighted by atomic mass is 15.1. The quantitative estimate of drug-likeness (QED) is 0.167. The van der Waals surface area contributed by atoms with Gasteiger partial charge < -0.3 is 4.90 Å². The highest BCUT2D eigenvalue weighted by molar-refractivity contribution is 6.22. The lowest BCUT2D eigenvalue weighted by Gasteiger charge is -2.31. The first-order valence-corrected chi connectivity index (χ1v) is 19.1. The van der Waals surface area contributed by atoms with Gasteiger partial charge in [-0.15, -0.1) is 0 Å². The molecule has 1 aliphatic carbocycles. The standard InChI is InChI=1S/C53H39N/c1-53(2)47-21-10-9-17-41(47)42-27-26-37(31-48(42)53)52-44-19-8-7-18-43(44)51(38-24-23-36-29-35-14-5-11-22-49(35)54(3)50(36)32-38)45-28-25-34(30-46(45)52)40-20-12-15-33-13-4-6-16-39(33)40/h4-28,30-32H,29H2,1-3H3. The van der Waals surface area contributed by atoms with Crippen molar-refractivity contribution in [3.63, 3.8) is 0 Å². The number of hydrogen-bond acceptors (Lipinski definition) is 1. The third-order valence-corrected chi connectivity index (χ3v) is 12.5. The fourth-order valence-corrected chi connectivity index (χ4v) is 9.81. The molecule has 0 amide bonds. The van der Waals surface area contributed by atoms with Crippen molar-refractivity contribution in [3.05, 3.63) is 192 Å². The minimum Gasteiger partial charge on any atom is -0.344 e. The van der Waals surface area contributed by atoms with Crippen LogP contribution in [0.2, 0.25) is 0 Å². The van der Waals surface area contributed by atoms with Gasteiger partial charge in [0.25, 0.3) is 0 Å². The van der Waals surface area contributed by atoms with Gasteiger partial charge in [-0.2, -0.15) is 0 Å². The van der Waals surface area contributed by atoms with Gasteiger partial charge in [0.15, 0.2) is 0 Å². The smallest absolute Gasteiger partial charge is 0.0450 e. The molecular formula is C53H39N. The molecule has 256 valence electrons. The predicted molar refractivity (Wildman–Crippen MR) is 230 cm³/mol. The maximum Gasteiger partial charge on any atom is 0.0450 e. The molecule has 0 unspecified atom stereocenters. The van der Waals surface area contributed by atoms with Crippen molar-refractivity contribution >= 4 is 43.7 Å². The van der Waals surface area contributed by atoms with Gasteiger partial charge in [0.1, 0.15) is 0 Å². The summed E-state index contributed by atoms with van der Waals surface area (Å²) < 4.78 is 0. The number of benzene rings is 9. The Morgan fingerprint density at radius 2 is 1.00 bits per heavy atom. The van der Waals surface area contributed by atoms with Crippen molar-refractivity contribution in [2.24, 2.45) is 0 Å². The Balaban J connectivity index is 1.20. The van der Waals surface area contributed by atoms with E-state index in [1.807, 2.05) is 0 Å². The molecule has 0 saturated carbocycles. The Morgan fingerprint density at radius 3 is 1.87 bits per heavy atom. The Morgan fingerprint density at radius 1 is 0.407 bits per heavy atom. The minimum absolute atomic E-state index is 0.0879. The number of anilines is 2. The Kier molecular flexibility index (Phi) is 6.64. The van der Waals surface area contributed by atoms with Crippen LogP contribution in [0.15, 0.2) is 170 Å². The fraction of sp³-hybridized carbons (Fsp3) is 0.0943. The van der Waals surface area contributed by atoms with Crippen LogP contribution in [-0.2, 0) is 11.8 Å². The van der Waals surface area contributed by atoms with E-state index < -0.39 is 0 Å². The number of rotatable bonds is 3. The van der Waals surface area contributed by atoms with Gasteiger partial charge in [-0.3, -0.25) is 0 Å². The van der Waals surface area contributed by atoms with Crippen molar-refractivity contribution in [3.8, 4) is 44.5 Å². The Bertz CT molecular complexity index is 3010. The molecule has 1 aliphatic heterocycles. The molecule has 11 rings (SSSR count). The monoisotopic (exact) mass is 689 g/mol. The summed E-state index contributed by atoms with van der Waals surface area (Å²) in [4.78, 5) is 2.37. The van der Waals surface area contributed by atoms with Crippen LogP contribution >= 0.6 is 0 Å². The predicted octanol–water partition coefficient (Wildman–Crippen LogP) is 14.1. The first-order chi connectivity index (χ1) is 26.5. The van der Waals surface area contributed by atoms with Crippen molar-refractivity contribution < 1.29 is 0 Å². The second kappa shape index (κ2) is 11.5. The van der Waals surface area contributed by atoms with Crippen LogP contribution in [-0.4, -0.2) is 7.05 Å². The molecule has 9 aromatic carbocycles. The highest BCUT2D eigenvalue weighted by Crippen LogP contribution is 2.52. The van der Waals surface area contributed by atoms with E-state index in [1.54, 1.807) is 0 Å². The summed E-state index contributed by atoms with van der Waals surface area (Å²) in [6.45, 7) is 4.76. The molecule has 0 radical (unpaired) electrons. The molecule has 2 aliphatic rings. The van der Waals surface area contributed by atoms with Gasteiger partial charge in [-0.25, -0.2) is 0 Å². The molecule has 0 aromatic heterocycles. The number of hydrogen-bond donors (Lipinski definition) is 0. The van der Waals surface area contributed by atoms with E-state index in [4.69, 9.17) is 0 Å². The summed E-state index contributed by atoms with van der Waals surface area (Å²) in [7, 11) is 2.21. The molecule has 54 heavy (non-hydrogen) atoms. The summed E-state index contributed by atoms with van der Waals surface area (Å²) in [5, 5.41) is 7.64. The molecule has 0 bridgehead atoms. The summed E-state index contributed by atoms with van der Waals surface area (Å²) in [6.07, 6.45) is 0.948. The van der Waals surface area contributed by atoms with E-state index in [2.05, 4.69) is 196 Å². The van der Waals surface area contributed by atoms with Crippen LogP contribution in [0.3, 0.4) is 0 Å². The fourth-order valence-electron chi connectivity index (χ4n) is 9.81. The van der Waals surface area contributed by atoms with Crippen LogP contribution in [0.4, 0.5) is 11.4 Å². The second-order valence-corrected chi connectivity index (χ2v) is 15.7. The molecule has 1 nitrogen and oxygen atoms in total. The zero-order valence-electron chi connectivity index (χ0n) is 30.8. The Labute approximate surface area is 316 Å². The zero-order valence-corrected chi connectivity index (χ0v) is 30.8. The number of para-hydroxylation sites is 1. The molecule has 0 atom stereocenters. The van der Waals surface area contributed by atoms with E-state index in [0.29, 0.717) is 0 Å². The van der Waals surface area contributed by atoms with E-state index in [-0.39, 0.29) is 5.41 Å². The Hall–Kier alpha value is -6.44. The average Bonchev–Trinajstić information content (AvgIpc) is 3.45. The lowest BCUT2D eigenvalue weighted by atomic mass is 9.80.